The number of hydrogen-bond donors (Lipinski definition) is 2. The summed E-state index contributed by atoms with van der Waals surface area (Å²) in [4.78, 5) is 12.2. The summed E-state index contributed by atoms with van der Waals surface area (Å²) in [5.41, 5.74) is 3.33. The molecule has 0 aliphatic heterocycles. The van der Waals surface area contributed by atoms with Crippen LogP contribution in [0.1, 0.15) is 62.0 Å². The van der Waals surface area contributed by atoms with Crippen molar-refractivity contribution in [3.63, 3.8) is 0 Å². The fraction of sp³-hybridized carbons (Fsp3) is 0.500. The summed E-state index contributed by atoms with van der Waals surface area (Å²) in [6, 6.07) is 10.0. The Morgan fingerprint density at radius 1 is 1.28 bits per heavy atom. The smallest absolute Gasteiger partial charge is 0.223 e. The SMILES string of the molecule is Cc1cc(C)n(-c2ccc([C@H](C)NC(=O)CC3(O)CCCC3)cc2)n1. The van der Waals surface area contributed by atoms with Gasteiger partial charge < -0.3 is 10.4 Å². The first-order valence-corrected chi connectivity index (χ1v) is 9.02. The Balaban J connectivity index is 1.63. The highest BCUT2D eigenvalue weighted by Gasteiger charge is 2.33. The molecule has 1 fully saturated rings. The van der Waals surface area contributed by atoms with Crippen molar-refractivity contribution in [2.75, 3.05) is 0 Å². The van der Waals surface area contributed by atoms with Crippen molar-refractivity contribution in [3.8, 4) is 5.69 Å². The first-order valence-electron chi connectivity index (χ1n) is 9.02. The molecular formula is C20H27N3O2. The van der Waals surface area contributed by atoms with E-state index in [-0.39, 0.29) is 18.4 Å². The number of benzene rings is 1. The number of aliphatic hydroxyl groups is 1. The van der Waals surface area contributed by atoms with Gasteiger partial charge in [0.15, 0.2) is 0 Å². The van der Waals surface area contributed by atoms with Crippen molar-refractivity contribution >= 4 is 5.91 Å². The third-order valence-electron chi connectivity index (χ3n) is 5.05. The molecule has 25 heavy (non-hydrogen) atoms. The molecule has 5 nitrogen and oxygen atoms in total. The van der Waals surface area contributed by atoms with E-state index in [4.69, 9.17) is 0 Å². The van der Waals surface area contributed by atoms with Crippen molar-refractivity contribution < 1.29 is 9.90 Å². The lowest BCUT2D eigenvalue weighted by molar-refractivity contribution is -0.126. The van der Waals surface area contributed by atoms with Gasteiger partial charge in [0, 0.05) is 5.69 Å². The Bertz CT molecular complexity index is 743. The third kappa shape index (κ3) is 4.10. The number of aryl methyl sites for hydroxylation is 2. The van der Waals surface area contributed by atoms with Gasteiger partial charge in [-0.25, -0.2) is 4.68 Å². The molecule has 2 N–H and O–H groups in total. The van der Waals surface area contributed by atoms with E-state index in [1.165, 1.54) is 0 Å². The van der Waals surface area contributed by atoms with Crippen LogP contribution in [-0.2, 0) is 4.79 Å². The van der Waals surface area contributed by atoms with Gasteiger partial charge in [-0.05, 0) is 57.4 Å². The van der Waals surface area contributed by atoms with Gasteiger partial charge in [-0.15, -0.1) is 0 Å². The Morgan fingerprint density at radius 3 is 2.48 bits per heavy atom. The maximum Gasteiger partial charge on any atom is 0.223 e. The summed E-state index contributed by atoms with van der Waals surface area (Å²) in [5, 5.41) is 17.9. The van der Waals surface area contributed by atoms with E-state index in [9.17, 15) is 9.90 Å². The number of carbonyl (C=O) groups excluding carboxylic acids is 1. The minimum absolute atomic E-state index is 0.0838. The van der Waals surface area contributed by atoms with Crippen molar-refractivity contribution in [1.29, 1.82) is 0 Å². The molecule has 1 aromatic carbocycles. The molecule has 134 valence electrons. The molecule has 3 rings (SSSR count). The van der Waals surface area contributed by atoms with Gasteiger partial charge in [-0.1, -0.05) is 25.0 Å². The molecule has 5 heteroatoms. The zero-order valence-electron chi connectivity index (χ0n) is 15.2. The second-order valence-corrected chi connectivity index (χ2v) is 7.33. The van der Waals surface area contributed by atoms with E-state index in [0.717, 1.165) is 48.3 Å². The molecule has 0 radical (unpaired) electrons. The molecule has 1 heterocycles. The lowest BCUT2D eigenvalue weighted by Gasteiger charge is -2.23. The third-order valence-corrected chi connectivity index (χ3v) is 5.05. The minimum atomic E-state index is -0.802. The molecule has 1 atom stereocenters. The molecule has 1 aromatic heterocycles. The lowest BCUT2D eigenvalue weighted by Crippen LogP contribution is -2.35. The molecule has 0 saturated heterocycles. The fourth-order valence-corrected chi connectivity index (χ4v) is 3.68. The molecule has 0 spiro atoms. The minimum Gasteiger partial charge on any atom is -0.389 e. The van der Waals surface area contributed by atoms with Crippen LogP contribution in [0.2, 0.25) is 0 Å². The van der Waals surface area contributed by atoms with E-state index < -0.39 is 5.60 Å². The maximum atomic E-state index is 12.2. The van der Waals surface area contributed by atoms with Crippen LogP contribution in [0.25, 0.3) is 5.69 Å². The van der Waals surface area contributed by atoms with Crippen LogP contribution >= 0.6 is 0 Å². The van der Waals surface area contributed by atoms with Crippen LogP contribution in [0.15, 0.2) is 30.3 Å². The van der Waals surface area contributed by atoms with Gasteiger partial charge >= 0.3 is 0 Å². The molecule has 1 aliphatic rings. The standard InChI is InChI=1S/C20H27N3O2/c1-14-12-15(2)23(22-14)18-8-6-17(7-9-18)16(3)21-19(24)13-20(25)10-4-5-11-20/h6-9,12,16,25H,4-5,10-11,13H2,1-3H3,(H,21,24)/t16-/m0/s1. The number of rotatable bonds is 5. The second-order valence-electron chi connectivity index (χ2n) is 7.33. The highest BCUT2D eigenvalue weighted by molar-refractivity contribution is 5.77. The van der Waals surface area contributed by atoms with Gasteiger partial charge in [0.2, 0.25) is 5.91 Å². The molecule has 0 bridgehead atoms. The summed E-state index contributed by atoms with van der Waals surface area (Å²) in [6.45, 7) is 5.98. The average Bonchev–Trinajstić information content (AvgIpc) is 3.12. The van der Waals surface area contributed by atoms with Crippen LogP contribution in [0.5, 0.6) is 0 Å². The largest absolute Gasteiger partial charge is 0.389 e. The van der Waals surface area contributed by atoms with Crippen molar-refractivity contribution in [2.24, 2.45) is 0 Å². The summed E-state index contributed by atoms with van der Waals surface area (Å²) >= 11 is 0. The normalized spacial score (nSPS) is 17.4. The number of amides is 1. The molecule has 2 aromatic rings. The molecule has 0 unspecified atom stereocenters. The molecule has 1 aliphatic carbocycles. The van der Waals surface area contributed by atoms with Crippen molar-refractivity contribution in [3.05, 3.63) is 47.3 Å². The Morgan fingerprint density at radius 2 is 1.92 bits per heavy atom. The summed E-state index contributed by atoms with van der Waals surface area (Å²) in [5.74, 6) is -0.0838. The highest BCUT2D eigenvalue weighted by Crippen LogP contribution is 2.32. The Labute approximate surface area is 149 Å². The predicted molar refractivity (Wildman–Crippen MR) is 97.6 cm³/mol. The zero-order valence-corrected chi connectivity index (χ0v) is 15.2. The summed E-state index contributed by atoms with van der Waals surface area (Å²) in [6.07, 6.45) is 3.67. The van der Waals surface area contributed by atoms with Crippen LogP contribution in [0.4, 0.5) is 0 Å². The predicted octanol–water partition coefficient (Wildman–Crippen LogP) is 3.36. The number of aromatic nitrogens is 2. The van der Waals surface area contributed by atoms with Crippen molar-refractivity contribution in [2.45, 2.75) is 64.5 Å². The topological polar surface area (TPSA) is 67.2 Å². The van der Waals surface area contributed by atoms with Crippen LogP contribution < -0.4 is 5.32 Å². The first kappa shape index (κ1) is 17.7. The Kier molecular flexibility index (Phi) is 4.95. The molecular weight excluding hydrogens is 314 g/mol. The summed E-state index contributed by atoms with van der Waals surface area (Å²) in [7, 11) is 0. The number of carbonyl (C=O) groups is 1. The van der Waals surface area contributed by atoms with E-state index in [1.807, 2.05) is 55.8 Å². The quantitative estimate of drug-likeness (QED) is 0.876. The van der Waals surface area contributed by atoms with E-state index >= 15 is 0 Å². The van der Waals surface area contributed by atoms with Crippen molar-refractivity contribution in [1.82, 2.24) is 15.1 Å². The summed E-state index contributed by atoms with van der Waals surface area (Å²) < 4.78 is 1.91. The molecule has 1 saturated carbocycles. The van der Waals surface area contributed by atoms with E-state index in [1.54, 1.807) is 0 Å². The fourth-order valence-electron chi connectivity index (χ4n) is 3.68. The van der Waals surface area contributed by atoms with E-state index in [2.05, 4.69) is 10.4 Å². The van der Waals surface area contributed by atoms with E-state index in [0.29, 0.717) is 0 Å². The highest BCUT2D eigenvalue weighted by atomic mass is 16.3. The lowest BCUT2D eigenvalue weighted by atomic mass is 9.97. The van der Waals surface area contributed by atoms with Crippen LogP contribution in [0.3, 0.4) is 0 Å². The van der Waals surface area contributed by atoms with Gasteiger partial charge in [0.1, 0.15) is 0 Å². The van der Waals surface area contributed by atoms with Gasteiger partial charge in [0.05, 0.1) is 29.4 Å². The number of nitrogens with one attached hydrogen (secondary N) is 1. The average molecular weight is 341 g/mol. The molecule has 1 amide bonds. The van der Waals surface area contributed by atoms with Crippen LogP contribution in [0, 0.1) is 13.8 Å². The van der Waals surface area contributed by atoms with Gasteiger partial charge in [-0.3, -0.25) is 4.79 Å². The van der Waals surface area contributed by atoms with Crippen LogP contribution in [-0.4, -0.2) is 26.4 Å². The maximum absolute atomic E-state index is 12.2. The Hall–Kier alpha value is -2.14. The monoisotopic (exact) mass is 341 g/mol. The number of hydrogen-bond acceptors (Lipinski definition) is 3. The first-order chi connectivity index (χ1) is 11.9. The second kappa shape index (κ2) is 7.00. The van der Waals surface area contributed by atoms with Gasteiger partial charge in [0.25, 0.3) is 0 Å². The zero-order chi connectivity index (χ0) is 18.0. The number of nitrogens with zero attached hydrogens (tertiary/aromatic N) is 2. The van der Waals surface area contributed by atoms with Gasteiger partial charge in [-0.2, -0.15) is 5.10 Å².